The van der Waals surface area contributed by atoms with Crippen molar-refractivity contribution in [1.82, 2.24) is 5.32 Å². The van der Waals surface area contributed by atoms with Gasteiger partial charge in [0.1, 0.15) is 23.9 Å². The van der Waals surface area contributed by atoms with Crippen LogP contribution in [0.25, 0.3) is 0 Å². The topological polar surface area (TPSA) is 96.9 Å². The number of carbonyl (C=O) groups excluding carboxylic acids is 2. The smallest absolute Gasteiger partial charge is 0.416 e. The van der Waals surface area contributed by atoms with E-state index in [1.807, 2.05) is 30.3 Å². The number of hydrogen-bond acceptors (Lipinski definition) is 5. The van der Waals surface area contributed by atoms with Gasteiger partial charge in [0.2, 0.25) is 0 Å². The van der Waals surface area contributed by atoms with E-state index in [4.69, 9.17) is 9.47 Å². The maximum Gasteiger partial charge on any atom is 0.416 e. The van der Waals surface area contributed by atoms with Crippen LogP contribution in [0.3, 0.4) is 0 Å². The van der Waals surface area contributed by atoms with E-state index < -0.39 is 23.7 Å². The highest BCUT2D eigenvalue weighted by molar-refractivity contribution is 5.97. The molecule has 0 aliphatic carbocycles. The Bertz CT molecular complexity index is 1530. The fraction of sp³-hybridized carbons (Fsp3) is 0.161. The third-order valence-electron chi connectivity index (χ3n) is 6.06. The number of benzene rings is 4. The number of phenolic OH excluding ortho intramolecular Hbond substituents is 1. The molecule has 4 rings (SSSR count). The van der Waals surface area contributed by atoms with Crippen molar-refractivity contribution in [2.24, 2.45) is 0 Å². The molecule has 0 atom stereocenters. The number of carbonyl (C=O) groups is 2. The van der Waals surface area contributed by atoms with Gasteiger partial charge in [-0.25, -0.2) is 4.79 Å². The van der Waals surface area contributed by atoms with Gasteiger partial charge in [0, 0.05) is 12.2 Å². The van der Waals surface area contributed by atoms with Crippen LogP contribution in [0, 0.1) is 13.8 Å². The predicted molar refractivity (Wildman–Crippen MR) is 147 cm³/mol. The number of aromatic hydroxyl groups is 1. The van der Waals surface area contributed by atoms with E-state index in [1.165, 1.54) is 30.3 Å². The summed E-state index contributed by atoms with van der Waals surface area (Å²) < 4.78 is 50.2. The first-order chi connectivity index (χ1) is 19.5. The van der Waals surface area contributed by atoms with Crippen molar-refractivity contribution in [2.75, 3.05) is 5.32 Å². The van der Waals surface area contributed by atoms with Crippen LogP contribution >= 0.6 is 0 Å². The molecule has 2 amide bonds. The zero-order chi connectivity index (χ0) is 29.6. The van der Waals surface area contributed by atoms with Gasteiger partial charge in [-0.1, -0.05) is 42.5 Å². The van der Waals surface area contributed by atoms with Crippen molar-refractivity contribution in [3.05, 3.63) is 118 Å². The van der Waals surface area contributed by atoms with Gasteiger partial charge in [0.05, 0.1) is 11.1 Å². The second-order valence-corrected chi connectivity index (χ2v) is 9.29. The number of aryl methyl sites for hydroxylation is 2. The van der Waals surface area contributed by atoms with Gasteiger partial charge in [-0.3, -0.25) is 10.1 Å². The van der Waals surface area contributed by atoms with Crippen LogP contribution in [0.5, 0.6) is 17.2 Å². The number of alkyl halides is 3. The summed E-state index contributed by atoms with van der Waals surface area (Å²) in [5.41, 5.74) is 2.06. The molecule has 212 valence electrons. The summed E-state index contributed by atoms with van der Waals surface area (Å²) in [5.74, 6) is -0.274. The summed E-state index contributed by atoms with van der Waals surface area (Å²) in [6, 6.07) is 21.4. The summed E-state index contributed by atoms with van der Waals surface area (Å²) >= 11 is 0. The number of halogens is 3. The van der Waals surface area contributed by atoms with E-state index in [2.05, 4.69) is 10.6 Å². The number of nitrogens with one attached hydrogen (secondary N) is 2. The number of rotatable bonds is 8. The monoisotopic (exact) mass is 564 g/mol. The maximum absolute atomic E-state index is 13.0. The summed E-state index contributed by atoms with van der Waals surface area (Å²) in [4.78, 5) is 25.0. The highest BCUT2D eigenvalue weighted by Crippen LogP contribution is 2.34. The Hall–Kier alpha value is -4.99. The molecular formula is C31H27F3N2O5. The Morgan fingerprint density at radius 3 is 2.22 bits per heavy atom. The predicted octanol–water partition coefficient (Wildman–Crippen LogP) is 7.50. The van der Waals surface area contributed by atoms with Crippen LogP contribution in [0.4, 0.5) is 23.7 Å². The number of amides is 2. The highest BCUT2D eigenvalue weighted by Gasteiger charge is 2.30. The van der Waals surface area contributed by atoms with E-state index in [9.17, 15) is 27.9 Å². The minimum absolute atomic E-state index is 0.107. The lowest BCUT2D eigenvalue weighted by Gasteiger charge is -2.15. The first kappa shape index (κ1) is 29.0. The Labute approximate surface area is 234 Å². The molecule has 4 aromatic rings. The summed E-state index contributed by atoms with van der Waals surface area (Å²) in [5, 5.41) is 15.5. The van der Waals surface area contributed by atoms with Gasteiger partial charge < -0.3 is 19.9 Å². The molecule has 0 aliphatic heterocycles. The molecule has 0 saturated heterocycles. The van der Waals surface area contributed by atoms with E-state index in [1.54, 1.807) is 26.0 Å². The molecule has 0 spiro atoms. The van der Waals surface area contributed by atoms with Gasteiger partial charge in [-0.05, 0) is 78.6 Å². The van der Waals surface area contributed by atoms with Crippen molar-refractivity contribution in [1.29, 1.82) is 0 Å². The Kier molecular flexibility index (Phi) is 8.81. The zero-order valence-corrected chi connectivity index (χ0v) is 22.2. The number of anilines is 1. The van der Waals surface area contributed by atoms with Crippen LogP contribution in [-0.2, 0) is 24.1 Å². The van der Waals surface area contributed by atoms with Crippen molar-refractivity contribution in [2.45, 2.75) is 33.2 Å². The van der Waals surface area contributed by atoms with Crippen molar-refractivity contribution >= 4 is 17.7 Å². The molecule has 0 aromatic heterocycles. The third kappa shape index (κ3) is 7.78. The summed E-state index contributed by atoms with van der Waals surface area (Å²) in [6.45, 7) is 3.52. The molecule has 0 fully saturated rings. The Balaban J connectivity index is 1.41. The van der Waals surface area contributed by atoms with E-state index in [0.717, 1.165) is 17.7 Å². The number of phenols is 1. The van der Waals surface area contributed by atoms with Gasteiger partial charge >= 0.3 is 12.3 Å². The minimum Gasteiger partial charge on any atom is -0.507 e. The molecule has 0 radical (unpaired) electrons. The quantitative estimate of drug-likeness (QED) is 0.206. The summed E-state index contributed by atoms with van der Waals surface area (Å²) in [7, 11) is 0. The van der Waals surface area contributed by atoms with Crippen LogP contribution in [0.15, 0.2) is 84.9 Å². The molecule has 7 nitrogen and oxygen atoms in total. The van der Waals surface area contributed by atoms with Gasteiger partial charge in [0.15, 0.2) is 0 Å². The maximum atomic E-state index is 13.0. The molecule has 3 N–H and O–H groups in total. The van der Waals surface area contributed by atoms with E-state index in [0.29, 0.717) is 22.6 Å². The molecular weight excluding hydrogens is 537 g/mol. The van der Waals surface area contributed by atoms with Crippen LogP contribution in [0.1, 0.15) is 38.2 Å². The molecule has 0 aliphatic rings. The van der Waals surface area contributed by atoms with Crippen LogP contribution in [-0.4, -0.2) is 17.1 Å². The van der Waals surface area contributed by atoms with Crippen molar-refractivity contribution in [3.63, 3.8) is 0 Å². The average molecular weight is 565 g/mol. The average Bonchev–Trinajstić information content (AvgIpc) is 2.93. The summed E-state index contributed by atoms with van der Waals surface area (Å²) in [6.07, 6.45) is -5.11. The zero-order valence-electron chi connectivity index (χ0n) is 22.2. The largest absolute Gasteiger partial charge is 0.507 e. The van der Waals surface area contributed by atoms with Crippen LogP contribution < -0.4 is 15.4 Å². The standard InChI is InChI=1S/C31H27F3N2O5/c1-19-13-24(36-30(39)40-18-21-7-4-3-5-8-21)14-20(2)28(19)41-25-11-12-27(37)26(16-25)29(38)35-17-22-9-6-10-23(15-22)31(32,33)34/h3-16,37H,17-18H2,1-2H3,(H,35,38)(H,36,39). The lowest BCUT2D eigenvalue weighted by Crippen LogP contribution is -2.23. The fourth-order valence-electron chi connectivity index (χ4n) is 4.07. The Morgan fingerprint density at radius 2 is 1.54 bits per heavy atom. The second kappa shape index (κ2) is 12.5. The van der Waals surface area contributed by atoms with Crippen LogP contribution in [0.2, 0.25) is 0 Å². The first-order valence-corrected chi connectivity index (χ1v) is 12.5. The van der Waals surface area contributed by atoms with Gasteiger partial charge in [0.25, 0.3) is 5.91 Å². The minimum atomic E-state index is -4.50. The van der Waals surface area contributed by atoms with E-state index in [-0.39, 0.29) is 35.8 Å². The lowest BCUT2D eigenvalue weighted by molar-refractivity contribution is -0.137. The molecule has 0 heterocycles. The molecule has 0 unspecified atom stereocenters. The van der Waals surface area contributed by atoms with Gasteiger partial charge in [-0.15, -0.1) is 0 Å². The first-order valence-electron chi connectivity index (χ1n) is 12.5. The van der Waals surface area contributed by atoms with Gasteiger partial charge in [-0.2, -0.15) is 13.2 Å². The van der Waals surface area contributed by atoms with Crippen molar-refractivity contribution < 1.29 is 37.3 Å². The number of ether oxygens (including phenoxy) is 2. The SMILES string of the molecule is Cc1cc(NC(=O)OCc2ccccc2)cc(C)c1Oc1ccc(O)c(C(=O)NCc2cccc(C(F)(F)F)c2)c1. The second-order valence-electron chi connectivity index (χ2n) is 9.29. The normalized spacial score (nSPS) is 11.0. The molecule has 0 bridgehead atoms. The highest BCUT2D eigenvalue weighted by atomic mass is 19.4. The molecule has 0 saturated carbocycles. The number of hydrogen-bond donors (Lipinski definition) is 3. The van der Waals surface area contributed by atoms with E-state index >= 15 is 0 Å². The molecule has 41 heavy (non-hydrogen) atoms. The lowest BCUT2D eigenvalue weighted by atomic mass is 10.1. The fourth-order valence-corrected chi connectivity index (χ4v) is 4.07. The van der Waals surface area contributed by atoms with Crippen molar-refractivity contribution in [3.8, 4) is 17.2 Å². The Morgan fingerprint density at radius 1 is 0.854 bits per heavy atom. The molecule has 4 aromatic carbocycles. The third-order valence-corrected chi connectivity index (χ3v) is 6.06. The molecule has 10 heteroatoms.